The fraction of sp³-hybridized carbons (Fsp3) is 0.438. The fourth-order valence-electron chi connectivity index (χ4n) is 2.19. The summed E-state index contributed by atoms with van der Waals surface area (Å²) in [7, 11) is 0. The van der Waals surface area contributed by atoms with Crippen LogP contribution in [0.4, 0.5) is 5.69 Å². The zero-order valence-corrected chi connectivity index (χ0v) is 12.7. The van der Waals surface area contributed by atoms with Crippen LogP contribution in [0.1, 0.15) is 36.7 Å². The number of hydrogen-bond donors (Lipinski definition) is 1. The average Bonchev–Trinajstić information content (AvgIpc) is 2.79. The molecule has 0 aliphatic rings. The third kappa shape index (κ3) is 3.13. The molecule has 20 heavy (non-hydrogen) atoms. The van der Waals surface area contributed by atoms with Crippen LogP contribution in [0.3, 0.4) is 0 Å². The molecule has 0 aliphatic carbocycles. The Balaban J connectivity index is 2.09. The number of aryl methyl sites for hydroxylation is 2. The molecule has 2 N–H and O–H groups in total. The lowest BCUT2D eigenvalue weighted by Gasteiger charge is -2.16. The minimum absolute atomic E-state index is 0.392. The molecule has 0 amide bonds. The van der Waals surface area contributed by atoms with Gasteiger partial charge in [-0.3, -0.25) is 0 Å². The van der Waals surface area contributed by atoms with Crippen LogP contribution in [0.15, 0.2) is 24.5 Å². The molecule has 0 atom stereocenters. The predicted octanol–water partition coefficient (Wildman–Crippen LogP) is 3.28. The lowest BCUT2D eigenvalue weighted by Crippen LogP contribution is -2.10. The van der Waals surface area contributed by atoms with Crippen molar-refractivity contribution in [1.82, 2.24) is 9.55 Å². The molecule has 0 unspecified atom stereocenters. The molecule has 4 nitrogen and oxygen atoms in total. The van der Waals surface area contributed by atoms with Gasteiger partial charge in [-0.25, -0.2) is 4.98 Å². The van der Waals surface area contributed by atoms with E-state index in [-0.39, 0.29) is 0 Å². The molecule has 1 heterocycles. The van der Waals surface area contributed by atoms with E-state index < -0.39 is 0 Å². The Morgan fingerprint density at radius 1 is 1.30 bits per heavy atom. The Hall–Kier alpha value is -1.97. The Labute approximate surface area is 120 Å². The number of ether oxygens (including phenoxy) is 1. The second-order valence-electron chi connectivity index (χ2n) is 5.42. The lowest BCUT2D eigenvalue weighted by atomic mass is 9.99. The van der Waals surface area contributed by atoms with E-state index in [4.69, 9.17) is 10.5 Å². The van der Waals surface area contributed by atoms with Crippen molar-refractivity contribution in [1.29, 1.82) is 0 Å². The zero-order valence-electron chi connectivity index (χ0n) is 12.7. The second-order valence-corrected chi connectivity index (χ2v) is 5.42. The summed E-state index contributed by atoms with van der Waals surface area (Å²) in [6, 6.07) is 4.06. The number of hydrogen-bond acceptors (Lipinski definition) is 3. The van der Waals surface area contributed by atoms with Gasteiger partial charge in [0, 0.05) is 18.1 Å². The van der Waals surface area contributed by atoms with Crippen molar-refractivity contribution in [2.24, 2.45) is 0 Å². The summed E-state index contributed by atoms with van der Waals surface area (Å²) in [5.41, 5.74) is 9.03. The maximum Gasteiger partial charge on any atom is 0.123 e. The summed E-state index contributed by atoms with van der Waals surface area (Å²) in [5.74, 6) is 2.33. The molecule has 0 aliphatic heterocycles. The van der Waals surface area contributed by atoms with Crippen molar-refractivity contribution >= 4 is 5.69 Å². The van der Waals surface area contributed by atoms with Gasteiger partial charge in [0.05, 0.1) is 6.54 Å². The predicted molar refractivity (Wildman–Crippen MR) is 82.1 cm³/mol. The molecule has 108 valence electrons. The van der Waals surface area contributed by atoms with Crippen LogP contribution in [0.5, 0.6) is 5.75 Å². The van der Waals surface area contributed by atoms with E-state index in [0.29, 0.717) is 12.5 Å². The molecule has 0 saturated carbocycles. The first-order chi connectivity index (χ1) is 9.49. The van der Waals surface area contributed by atoms with E-state index in [2.05, 4.69) is 23.4 Å². The fourth-order valence-corrected chi connectivity index (χ4v) is 2.19. The van der Waals surface area contributed by atoms with E-state index in [1.165, 1.54) is 0 Å². The lowest BCUT2D eigenvalue weighted by molar-refractivity contribution is 0.293. The molecule has 2 rings (SSSR count). The monoisotopic (exact) mass is 273 g/mol. The Bertz CT molecular complexity index is 587. The van der Waals surface area contributed by atoms with Gasteiger partial charge in [0.15, 0.2) is 0 Å². The molecule has 0 spiro atoms. The van der Waals surface area contributed by atoms with Gasteiger partial charge in [-0.05, 0) is 43.0 Å². The average molecular weight is 273 g/mol. The molecule has 2 aromatic rings. The number of aromatic nitrogens is 2. The third-order valence-corrected chi connectivity index (χ3v) is 3.53. The molecule has 1 aromatic carbocycles. The van der Waals surface area contributed by atoms with Gasteiger partial charge >= 0.3 is 0 Å². The van der Waals surface area contributed by atoms with Crippen LogP contribution in [0.25, 0.3) is 0 Å². The van der Waals surface area contributed by atoms with Crippen molar-refractivity contribution in [2.45, 2.75) is 40.2 Å². The summed E-state index contributed by atoms with van der Waals surface area (Å²) >= 11 is 0. The van der Waals surface area contributed by atoms with Crippen LogP contribution >= 0.6 is 0 Å². The van der Waals surface area contributed by atoms with Gasteiger partial charge < -0.3 is 15.0 Å². The van der Waals surface area contributed by atoms with E-state index in [9.17, 15) is 0 Å². The first kappa shape index (κ1) is 14.4. The topological polar surface area (TPSA) is 53.1 Å². The highest BCUT2D eigenvalue weighted by Crippen LogP contribution is 2.30. The van der Waals surface area contributed by atoms with Crippen molar-refractivity contribution in [3.8, 4) is 5.75 Å². The Morgan fingerprint density at radius 2 is 2.05 bits per heavy atom. The number of imidazole rings is 1. The van der Waals surface area contributed by atoms with Gasteiger partial charge in [0.25, 0.3) is 0 Å². The molecular weight excluding hydrogens is 250 g/mol. The second kappa shape index (κ2) is 5.99. The highest BCUT2D eigenvalue weighted by Gasteiger charge is 2.10. The summed E-state index contributed by atoms with van der Waals surface area (Å²) < 4.78 is 8.04. The van der Waals surface area contributed by atoms with Gasteiger partial charge in [-0.2, -0.15) is 0 Å². The van der Waals surface area contributed by atoms with Crippen LogP contribution in [-0.4, -0.2) is 16.2 Å². The Kier molecular flexibility index (Phi) is 4.32. The number of rotatable bonds is 5. The maximum atomic E-state index is 5.99. The van der Waals surface area contributed by atoms with E-state index in [0.717, 1.165) is 34.9 Å². The van der Waals surface area contributed by atoms with Crippen molar-refractivity contribution in [2.75, 3.05) is 12.3 Å². The molecule has 1 aromatic heterocycles. The van der Waals surface area contributed by atoms with Crippen molar-refractivity contribution in [3.05, 3.63) is 41.5 Å². The molecule has 4 heteroatoms. The van der Waals surface area contributed by atoms with E-state index >= 15 is 0 Å². The third-order valence-electron chi connectivity index (χ3n) is 3.53. The van der Waals surface area contributed by atoms with Crippen LogP contribution in [0, 0.1) is 13.8 Å². The molecular formula is C16H23N3O. The molecule has 0 fully saturated rings. The first-order valence-electron chi connectivity index (χ1n) is 6.99. The van der Waals surface area contributed by atoms with Crippen LogP contribution in [-0.2, 0) is 6.54 Å². The zero-order chi connectivity index (χ0) is 14.7. The first-order valence-corrected chi connectivity index (χ1v) is 6.99. The number of benzene rings is 1. The van der Waals surface area contributed by atoms with Gasteiger partial charge in [-0.1, -0.05) is 13.8 Å². The number of nitrogens with zero attached hydrogens (tertiary/aromatic N) is 2. The van der Waals surface area contributed by atoms with Gasteiger partial charge in [0.2, 0.25) is 0 Å². The highest BCUT2D eigenvalue weighted by molar-refractivity contribution is 5.55. The normalized spacial score (nSPS) is 11.1. The van der Waals surface area contributed by atoms with Crippen LogP contribution < -0.4 is 10.5 Å². The SMILES string of the molecule is Cc1cc(OCCn2ccnc2C)c(C(C)C)cc1N. The number of nitrogens with two attached hydrogens (primary N) is 1. The summed E-state index contributed by atoms with van der Waals surface area (Å²) in [6.07, 6.45) is 3.78. The van der Waals surface area contributed by atoms with Crippen LogP contribution in [0.2, 0.25) is 0 Å². The number of nitrogen functional groups attached to an aromatic ring is 1. The van der Waals surface area contributed by atoms with E-state index in [1.807, 2.05) is 38.4 Å². The summed E-state index contributed by atoms with van der Waals surface area (Å²) in [4.78, 5) is 4.20. The van der Waals surface area contributed by atoms with Gasteiger partial charge in [0.1, 0.15) is 18.2 Å². The Morgan fingerprint density at radius 3 is 2.65 bits per heavy atom. The highest BCUT2D eigenvalue weighted by atomic mass is 16.5. The standard InChI is InChI=1S/C16H23N3O/c1-11(2)14-10-15(17)12(3)9-16(14)20-8-7-19-6-5-18-13(19)4/h5-6,9-11H,7-8,17H2,1-4H3. The molecule has 0 saturated heterocycles. The largest absolute Gasteiger partial charge is 0.491 e. The minimum Gasteiger partial charge on any atom is -0.491 e. The summed E-state index contributed by atoms with van der Waals surface area (Å²) in [5, 5.41) is 0. The summed E-state index contributed by atoms with van der Waals surface area (Å²) in [6.45, 7) is 9.72. The molecule has 0 bridgehead atoms. The number of anilines is 1. The van der Waals surface area contributed by atoms with Gasteiger partial charge in [-0.15, -0.1) is 0 Å². The maximum absolute atomic E-state index is 5.99. The quantitative estimate of drug-likeness (QED) is 0.850. The van der Waals surface area contributed by atoms with Crippen molar-refractivity contribution < 1.29 is 4.74 Å². The van der Waals surface area contributed by atoms with Crippen molar-refractivity contribution in [3.63, 3.8) is 0 Å². The smallest absolute Gasteiger partial charge is 0.123 e. The van der Waals surface area contributed by atoms with E-state index in [1.54, 1.807) is 0 Å². The minimum atomic E-state index is 0.392. The molecule has 0 radical (unpaired) electrons.